The van der Waals surface area contributed by atoms with Gasteiger partial charge in [0.05, 0.1) is 18.8 Å². The second kappa shape index (κ2) is 7.16. The number of rotatable bonds is 5. The van der Waals surface area contributed by atoms with Crippen molar-refractivity contribution in [3.63, 3.8) is 0 Å². The number of aryl methyl sites for hydroxylation is 1. The summed E-state index contributed by atoms with van der Waals surface area (Å²) in [5.74, 6) is 0.695. The highest BCUT2D eigenvalue weighted by Crippen LogP contribution is 2.28. The van der Waals surface area contributed by atoms with E-state index in [1.807, 2.05) is 30.0 Å². The van der Waals surface area contributed by atoms with E-state index in [9.17, 15) is 4.79 Å². The summed E-state index contributed by atoms with van der Waals surface area (Å²) >= 11 is 0. The van der Waals surface area contributed by atoms with Crippen LogP contribution in [0.25, 0.3) is 0 Å². The Hall–Kier alpha value is -1.97. The van der Waals surface area contributed by atoms with E-state index in [1.165, 1.54) is 0 Å². The zero-order valence-corrected chi connectivity index (χ0v) is 13.1. The molecule has 4 nitrogen and oxygen atoms in total. The van der Waals surface area contributed by atoms with Gasteiger partial charge >= 0.3 is 6.03 Å². The normalized spacial score (nSPS) is 17.1. The van der Waals surface area contributed by atoms with Crippen molar-refractivity contribution in [2.24, 2.45) is 0 Å². The number of amides is 2. The quantitative estimate of drug-likeness (QED) is 0.833. The summed E-state index contributed by atoms with van der Waals surface area (Å²) in [7, 11) is 1.62. The van der Waals surface area contributed by atoms with Gasteiger partial charge in [0.25, 0.3) is 0 Å². The van der Waals surface area contributed by atoms with E-state index >= 15 is 0 Å². The van der Waals surface area contributed by atoms with Crippen molar-refractivity contribution in [3.05, 3.63) is 35.9 Å². The molecule has 1 aliphatic rings. The molecule has 1 aromatic rings. The van der Waals surface area contributed by atoms with Crippen LogP contribution in [0.2, 0.25) is 0 Å². The van der Waals surface area contributed by atoms with Crippen molar-refractivity contribution in [1.82, 2.24) is 4.90 Å². The molecule has 2 rings (SSSR count). The molecule has 0 aliphatic carbocycles. The number of hydrogen-bond acceptors (Lipinski definition) is 2. The molecule has 0 aromatic heterocycles. The van der Waals surface area contributed by atoms with Crippen molar-refractivity contribution < 1.29 is 9.53 Å². The summed E-state index contributed by atoms with van der Waals surface area (Å²) in [5.41, 5.74) is 1.76. The SMILES string of the molecule is CCCCC1C=CCN1C(=O)Nc1c(C)cccc1OC. The highest BCUT2D eigenvalue weighted by Gasteiger charge is 2.25. The van der Waals surface area contributed by atoms with Crippen LogP contribution in [-0.4, -0.2) is 30.6 Å². The van der Waals surface area contributed by atoms with Crippen molar-refractivity contribution >= 4 is 11.7 Å². The maximum Gasteiger partial charge on any atom is 0.322 e. The maximum atomic E-state index is 12.5. The maximum absolute atomic E-state index is 12.5. The number of carbonyl (C=O) groups is 1. The van der Waals surface area contributed by atoms with Gasteiger partial charge in [-0.3, -0.25) is 0 Å². The summed E-state index contributed by atoms with van der Waals surface area (Å²) in [6, 6.07) is 5.90. The topological polar surface area (TPSA) is 41.6 Å². The largest absolute Gasteiger partial charge is 0.495 e. The second-order valence-corrected chi connectivity index (χ2v) is 5.37. The summed E-state index contributed by atoms with van der Waals surface area (Å²) in [6.45, 7) is 4.81. The summed E-state index contributed by atoms with van der Waals surface area (Å²) in [6.07, 6.45) is 7.49. The molecule has 1 heterocycles. The van der Waals surface area contributed by atoms with Gasteiger partial charge in [-0.25, -0.2) is 4.79 Å². The molecular weight excluding hydrogens is 264 g/mol. The highest BCUT2D eigenvalue weighted by molar-refractivity contribution is 5.92. The Bertz CT molecular complexity index is 526. The fourth-order valence-electron chi connectivity index (χ4n) is 2.62. The van der Waals surface area contributed by atoms with Crippen LogP contribution in [0.5, 0.6) is 5.75 Å². The molecule has 114 valence electrons. The Balaban J connectivity index is 2.08. The van der Waals surface area contributed by atoms with E-state index in [2.05, 4.69) is 24.4 Å². The summed E-state index contributed by atoms with van der Waals surface area (Å²) < 4.78 is 5.33. The van der Waals surface area contributed by atoms with Crippen LogP contribution in [0.3, 0.4) is 0 Å². The van der Waals surface area contributed by atoms with Gasteiger partial charge in [0.1, 0.15) is 5.75 Å². The van der Waals surface area contributed by atoms with Crippen LogP contribution in [0, 0.1) is 6.92 Å². The minimum atomic E-state index is -0.0614. The van der Waals surface area contributed by atoms with Gasteiger partial charge in [-0.15, -0.1) is 0 Å². The molecule has 0 spiro atoms. The molecule has 0 fully saturated rings. The summed E-state index contributed by atoms with van der Waals surface area (Å²) in [5, 5.41) is 3.00. The van der Waals surface area contributed by atoms with Gasteiger partial charge < -0.3 is 15.0 Å². The lowest BCUT2D eigenvalue weighted by molar-refractivity contribution is 0.208. The highest BCUT2D eigenvalue weighted by atomic mass is 16.5. The molecule has 1 unspecified atom stereocenters. The molecule has 0 saturated heterocycles. The average Bonchev–Trinajstić information content (AvgIpc) is 2.95. The number of urea groups is 1. The van der Waals surface area contributed by atoms with E-state index < -0.39 is 0 Å². The third-order valence-electron chi connectivity index (χ3n) is 3.86. The minimum absolute atomic E-state index is 0.0614. The zero-order valence-electron chi connectivity index (χ0n) is 13.1. The average molecular weight is 288 g/mol. The third kappa shape index (κ3) is 3.57. The first kappa shape index (κ1) is 15.4. The number of benzene rings is 1. The van der Waals surface area contributed by atoms with Crippen LogP contribution in [0.15, 0.2) is 30.4 Å². The predicted octanol–water partition coefficient (Wildman–Crippen LogP) is 3.97. The van der Waals surface area contributed by atoms with E-state index in [-0.39, 0.29) is 12.1 Å². The lowest BCUT2D eigenvalue weighted by Crippen LogP contribution is -2.39. The van der Waals surface area contributed by atoms with Crippen LogP contribution in [-0.2, 0) is 0 Å². The molecule has 2 amide bonds. The number of carbonyl (C=O) groups excluding carboxylic acids is 1. The number of nitrogens with zero attached hydrogens (tertiary/aromatic N) is 1. The molecule has 0 radical (unpaired) electrons. The number of hydrogen-bond donors (Lipinski definition) is 1. The number of para-hydroxylation sites is 1. The van der Waals surface area contributed by atoms with Crippen molar-refractivity contribution in [1.29, 1.82) is 0 Å². The Morgan fingerprint density at radius 1 is 1.48 bits per heavy atom. The number of nitrogens with one attached hydrogen (secondary N) is 1. The Morgan fingerprint density at radius 2 is 2.29 bits per heavy atom. The van der Waals surface area contributed by atoms with E-state index in [0.29, 0.717) is 12.3 Å². The van der Waals surface area contributed by atoms with Gasteiger partial charge in [0.15, 0.2) is 0 Å². The smallest absolute Gasteiger partial charge is 0.322 e. The Kier molecular flexibility index (Phi) is 5.26. The molecule has 4 heteroatoms. The van der Waals surface area contributed by atoms with Crippen molar-refractivity contribution in [2.75, 3.05) is 19.0 Å². The number of ether oxygens (including phenoxy) is 1. The lowest BCUT2D eigenvalue weighted by Gasteiger charge is -2.25. The first-order valence-corrected chi connectivity index (χ1v) is 7.55. The Morgan fingerprint density at radius 3 is 3.00 bits per heavy atom. The lowest BCUT2D eigenvalue weighted by atomic mass is 10.1. The van der Waals surface area contributed by atoms with Gasteiger partial charge in [-0.1, -0.05) is 44.1 Å². The fraction of sp³-hybridized carbons (Fsp3) is 0.471. The standard InChI is InChI=1S/C17H24N2O2/c1-4-5-9-14-10-7-12-19(14)17(20)18-16-13(2)8-6-11-15(16)21-3/h6-8,10-11,14H,4-5,9,12H2,1-3H3,(H,18,20). The molecule has 0 bridgehead atoms. The molecule has 1 N–H and O–H groups in total. The van der Waals surface area contributed by atoms with Crippen LogP contribution < -0.4 is 10.1 Å². The fourth-order valence-corrected chi connectivity index (χ4v) is 2.62. The summed E-state index contributed by atoms with van der Waals surface area (Å²) in [4.78, 5) is 14.4. The molecule has 1 aliphatic heterocycles. The van der Waals surface area contributed by atoms with Crippen molar-refractivity contribution in [3.8, 4) is 5.75 Å². The van der Waals surface area contributed by atoms with Gasteiger partial charge in [0.2, 0.25) is 0 Å². The zero-order chi connectivity index (χ0) is 15.2. The van der Waals surface area contributed by atoms with Crippen LogP contribution in [0.1, 0.15) is 31.7 Å². The van der Waals surface area contributed by atoms with Gasteiger partial charge in [0, 0.05) is 6.54 Å². The second-order valence-electron chi connectivity index (χ2n) is 5.37. The number of anilines is 1. The Labute approximate surface area is 126 Å². The van der Waals surface area contributed by atoms with Crippen molar-refractivity contribution in [2.45, 2.75) is 39.2 Å². The molecule has 1 aromatic carbocycles. The minimum Gasteiger partial charge on any atom is -0.495 e. The molecular formula is C17H24N2O2. The molecule has 0 saturated carbocycles. The predicted molar refractivity (Wildman–Crippen MR) is 85.9 cm³/mol. The van der Waals surface area contributed by atoms with Crippen LogP contribution >= 0.6 is 0 Å². The first-order chi connectivity index (χ1) is 10.2. The van der Waals surface area contributed by atoms with Gasteiger partial charge in [-0.2, -0.15) is 0 Å². The van der Waals surface area contributed by atoms with E-state index in [4.69, 9.17) is 4.74 Å². The van der Waals surface area contributed by atoms with Gasteiger partial charge in [-0.05, 0) is 25.0 Å². The molecule has 21 heavy (non-hydrogen) atoms. The molecule has 1 atom stereocenters. The van der Waals surface area contributed by atoms with E-state index in [0.717, 1.165) is 30.5 Å². The van der Waals surface area contributed by atoms with Crippen LogP contribution in [0.4, 0.5) is 10.5 Å². The number of methoxy groups -OCH3 is 1. The van der Waals surface area contributed by atoms with E-state index in [1.54, 1.807) is 7.11 Å². The number of unbranched alkanes of at least 4 members (excludes halogenated alkanes) is 1. The third-order valence-corrected chi connectivity index (χ3v) is 3.86. The monoisotopic (exact) mass is 288 g/mol. The first-order valence-electron chi connectivity index (χ1n) is 7.55.